The molecule has 4 N–H and O–H groups in total. The van der Waals surface area contributed by atoms with E-state index in [9.17, 15) is 0 Å². The molecule has 5 nitrogen and oxygen atoms in total. The molecule has 0 fully saturated rings. The number of nitrogen functional groups attached to an aromatic ring is 1. The normalized spacial score (nSPS) is 17.4. The molecule has 5 heteroatoms. The van der Waals surface area contributed by atoms with Crippen LogP contribution < -0.4 is 11.1 Å². The van der Waals surface area contributed by atoms with Gasteiger partial charge in [-0.05, 0) is 23.8 Å². The number of nitrogens with zero attached hydrogens (tertiary/aromatic N) is 2. The number of nitrogens with one attached hydrogen (secondary N) is 2. The molecule has 0 bridgehead atoms. The second kappa shape index (κ2) is 3.71. The molecular weight excluding hydrogens is 238 g/mol. The van der Waals surface area contributed by atoms with Gasteiger partial charge in [0.1, 0.15) is 11.6 Å². The number of aromatic amines is 1. The van der Waals surface area contributed by atoms with Gasteiger partial charge in [-0.1, -0.05) is 18.2 Å². The first-order chi connectivity index (χ1) is 9.31. The van der Waals surface area contributed by atoms with Crippen molar-refractivity contribution < 1.29 is 0 Å². The lowest BCUT2D eigenvalue weighted by molar-refractivity contribution is 0.835. The van der Waals surface area contributed by atoms with E-state index < -0.39 is 0 Å². The molecule has 1 aromatic carbocycles. The van der Waals surface area contributed by atoms with Gasteiger partial charge in [0.15, 0.2) is 5.65 Å². The molecule has 0 spiro atoms. The monoisotopic (exact) mass is 251 g/mol. The number of fused-ring (bicyclic) bond motifs is 2. The summed E-state index contributed by atoms with van der Waals surface area (Å²) in [6.07, 6.45) is 0. The molecule has 0 amide bonds. The molecule has 1 aliphatic rings. The number of pyridine rings is 1. The predicted octanol–water partition coefficient (Wildman–Crippen LogP) is 2.10. The van der Waals surface area contributed by atoms with Gasteiger partial charge in [0, 0.05) is 12.2 Å². The summed E-state index contributed by atoms with van der Waals surface area (Å²) in [4.78, 5) is 12.1. The van der Waals surface area contributed by atoms with Gasteiger partial charge in [-0.2, -0.15) is 0 Å². The van der Waals surface area contributed by atoms with Crippen molar-refractivity contribution in [1.29, 1.82) is 0 Å². The Morgan fingerprint density at radius 1 is 1.11 bits per heavy atom. The van der Waals surface area contributed by atoms with Crippen LogP contribution in [0.2, 0.25) is 0 Å². The van der Waals surface area contributed by atoms with E-state index in [2.05, 4.69) is 38.5 Å². The zero-order valence-electron chi connectivity index (χ0n) is 10.2. The molecule has 3 aromatic rings. The summed E-state index contributed by atoms with van der Waals surface area (Å²) in [6, 6.07) is 12.0. The minimum Gasteiger partial charge on any atom is -0.384 e. The number of rotatable bonds is 1. The molecule has 1 aliphatic heterocycles. The third kappa shape index (κ3) is 1.55. The lowest BCUT2D eigenvalue weighted by atomic mass is 10.0. The largest absolute Gasteiger partial charge is 0.384 e. The Balaban J connectivity index is 1.83. The summed E-state index contributed by atoms with van der Waals surface area (Å²) in [6.45, 7) is 0.856. The number of hydrogen-bond donors (Lipinski definition) is 3. The first-order valence-corrected chi connectivity index (χ1v) is 6.26. The summed E-state index contributed by atoms with van der Waals surface area (Å²) in [5.74, 6) is 1.67. The van der Waals surface area contributed by atoms with E-state index in [0.717, 1.165) is 17.9 Å². The minimum absolute atomic E-state index is 0.242. The second-order valence-corrected chi connectivity index (χ2v) is 4.75. The Morgan fingerprint density at radius 2 is 2.00 bits per heavy atom. The van der Waals surface area contributed by atoms with E-state index in [1.165, 1.54) is 11.3 Å². The van der Waals surface area contributed by atoms with E-state index in [1.807, 2.05) is 12.1 Å². The van der Waals surface area contributed by atoms with Crippen molar-refractivity contribution in [3.05, 3.63) is 47.8 Å². The zero-order chi connectivity index (χ0) is 12.8. The third-order valence-corrected chi connectivity index (χ3v) is 3.55. The third-order valence-electron chi connectivity index (χ3n) is 3.55. The number of H-pyrrole nitrogens is 1. The number of benzene rings is 1. The fourth-order valence-corrected chi connectivity index (χ4v) is 2.62. The molecule has 4 rings (SSSR count). The first kappa shape index (κ1) is 10.4. The lowest BCUT2D eigenvalue weighted by Crippen LogP contribution is -2.05. The summed E-state index contributed by atoms with van der Waals surface area (Å²) >= 11 is 0. The van der Waals surface area contributed by atoms with Crippen molar-refractivity contribution in [2.75, 3.05) is 17.6 Å². The number of hydrogen-bond acceptors (Lipinski definition) is 4. The molecule has 1 unspecified atom stereocenters. The SMILES string of the molecule is Nc1ccc2[nH]c(C3CNc4ccccc43)nc2n1. The van der Waals surface area contributed by atoms with Gasteiger partial charge in [0.25, 0.3) is 0 Å². The number of imidazole rings is 1. The Hall–Kier alpha value is -2.56. The maximum absolute atomic E-state index is 5.69. The second-order valence-electron chi connectivity index (χ2n) is 4.75. The van der Waals surface area contributed by atoms with Crippen LogP contribution in [0.1, 0.15) is 17.3 Å². The smallest absolute Gasteiger partial charge is 0.179 e. The van der Waals surface area contributed by atoms with Crippen LogP contribution in [0, 0.1) is 0 Å². The highest BCUT2D eigenvalue weighted by atomic mass is 15.0. The number of anilines is 2. The molecule has 19 heavy (non-hydrogen) atoms. The van der Waals surface area contributed by atoms with E-state index in [1.54, 1.807) is 6.07 Å². The van der Waals surface area contributed by atoms with Crippen LogP contribution in [0.25, 0.3) is 11.2 Å². The van der Waals surface area contributed by atoms with Gasteiger partial charge >= 0.3 is 0 Å². The molecule has 94 valence electrons. The maximum Gasteiger partial charge on any atom is 0.179 e. The topological polar surface area (TPSA) is 79.6 Å². The van der Waals surface area contributed by atoms with Crippen molar-refractivity contribution in [1.82, 2.24) is 15.0 Å². The van der Waals surface area contributed by atoms with Crippen LogP contribution in [0.3, 0.4) is 0 Å². The molecule has 0 radical (unpaired) electrons. The average Bonchev–Trinajstić information content (AvgIpc) is 3.00. The van der Waals surface area contributed by atoms with E-state index >= 15 is 0 Å². The van der Waals surface area contributed by atoms with Crippen LogP contribution in [0.4, 0.5) is 11.5 Å². The first-order valence-electron chi connectivity index (χ1n) is 6.26. The van der Waals surface area contributed by atoms with Crippen LogP contribution >= 0.6 is 0 Å². The minimum atomic E-state index is 0.242. The van der Waals surface area contributed by atoms with Crippen molar-refractivity contribution >= 4 is 22.7 Å². The predicted molar refractivity (Wildman–Crippen MR) is 75.1 cm³/mol. The highest BCUT2D eigenvalue weighted by molar-refractivity contribution is 5.73. The van der Waals surface area contributed by atoms with Gasteiger partial charge in [0.05, 0.1) is 11.4 Å². The van der Waals surface area contributed by atoms with Gasteiger partial charge in [0.2, 0.25) is 0 Å². The van der Waals surface area contributed by atoms with Crippen molar-refractivity contribution in [3.63, 3.8) is 0 Å². The number of nitrogens with two attached hydrogens (primary N) is 1. The lowest BCUT2D eigenvalue weighted by Gasteiger charge is -2.05. The fourth-order valence-electron chi connectivity index (χ4n) is 2.62. The van der Waals surface area contributed by atoms with Gasteiger partial charge in [-0.15, -0.1) is 0 Å². The molecule has 0 aliphatic carbocycles. The Morgan fingerprint density at radius 3 is 2.95 bits per heavy atom. The number of para-hydroxylation sites is 1. The molecule has 3 heterocycles. The van der Waals surface area contributed by atoms with Crippen LogP contribution in [0.5, 0.6) is 0 Å². The van der Waals surface area contributed by atoms with Gasteiger partial charge in [-0.25, -0.2) is 9.97 Å². The summed E-state index contributed by atoms with van der Waals surface area (Å²) < 4.78 is 0. The van der Waals surface area contributed by atoms with Crippen LogP contribution in [-0.2, 0) is 0 Å². The van der Waals surface area contributed by atoms with Gasteiger partial charge in [-0.3, -0.25) is 0 Å². The molecule has 0 saturated carbocycles. The standard InChI is InChI=1S/C14H13N5/c15-12-6-5-11-14(18-12)19-13(17-11)9-7-16-10-4-2-1-3-8(9)10/h1-6,9,16H,7H2,(H3,15,17,18,19). The van der Waals surface area contributed by atoms with E-state index in [4.69, 9.17) is 5.73 Å². The van der Waals surface area contributed by atoms with Crippen LogP contribution in [0.15, 0.2) is 36.4 Å². The zero-order valence-corrected chi connectivity index (χ0v) is 10.2. The van der Waals surface area contributed by atoms with Crippen molar-refractivity contribution in [2.45, 2.75) is 5.92 Å². The summed E-state index contributed by atoms with van der Waals surface area (Å²) in [7, 11) is 0. The highest BCUT2D eigenvalue weighted by Crippen LogP contribution is 2.35. The Bertz CT molecular complexity index is 761. The molecule has 2 aromatic heterocycles. The molecule has 0 saturated heterocycles. The molecule has 1 atom stereocenters. The Labute approximate surface area is 109 Å². The van der Waals surface area contributed by atoms with E-state index in [-0.39, 0.29) is 5.92 Å². The summed E-state index contributed by atoms with van der Waals surface area (Å²) in [5.41, 5.74) is 9.74. The summed E-state index contributed by atoms with van der Waals surface area (Å²) in [5, 5.41) is 3.40. The Kier molecular flexibility index (Phi) is 2.03. The van der Waals surface area contributed by atoms with E-state index in [0.29, 0.717) is 11.5 Å². The van der Waals surface area contributed by atoms with Crippen molar-refractivity contribution in [2.24, 2.45) is 0 Å². The van der Waals surface area contributed by atoms with Crippen LogP contribution in [-0.4, -0.2) is 21.5 Å². The molecular formula is C14H13N5. The fraction of sp³-hybridized carbons (Fsp3) is 0.143. The highest BCUT2D eigenvalue weighted by Gasteiger charge is 2.25. The van der Waals surface area contributed by atoms with Crippen molar-refractivity contribution in [3.8, 4) is 0 Å². The quantitative estimate of drug-likeness (QED) is 0.618. The maximum atomic E-state index is 5.69. The van der Waals surface area contributed by atoms with Gasteiger partial charge < -0.3 is 16.0 Å². The average molecular weight is 251 g/mol. The number of aromatic nitrogens is 3.